The average molecular weight is 432 g/mol. The molecule has 8 heteroatoms. The van der Waals surface area contributed by atoms with Crippen molar-refractivity contribution in [2.24, 2.45) is 0 Å². The Labute approximate surface area is 178 Å². The van der Waals surface area contributed by atoms with Crippen LogP contribution in [0.25, 0.3) is 11.1 Å². The van der Waals surface area contributed by atoms with Crippen molar-refractivity contribution >= 4 is 27.3 Å². The molecule has 162 valence electrons. The number of benzene rings is 2. The van der Waals surface area contributed by atoms with E-state index in [9.17, 15) is 13.2 Å². The third kappa shape index (κ3) is 3.89. The third-order valence-electron chi connectivity index (χ3n) is 5.44. The quantitative estimate of drug-likeness (QED) is 0.757. The van der Waals surface area contributed by atoms with Crippen LogP contribution in [-0.4, -0.2) is 51.4 Å². The van der Waals surface area contributed by atoms with Crippen molar-refractivity contribution in [3.05, 3.63) is 36.4 Å². The molecule has 0 aromatic heterocycles. The molecule has 0 aliphatic carbocycles. The van der Waals surface area contributed by atoms with Crippen molar-refractivity contribution < 1.29 is 17.9 Å². The summed E-state index contributed by atoms with van der Waals surface area (Å²) in [5.41, 5.74) is 3.30. The zero-order chi connectivity index (χ0) is 22.1. The van der Waals surface area contributed by atoms with Crippen molar-refractivity contribution in [2.45, 2.75) is 38.6 Å². The van der Waals surface area contributed by atoms with Gasteiger partial charge in [-0.3, -0.25) is 4.79 Å². The summed E-state index contributed by atoms with van der Waals surface area (Å²) in [5, 5.41) is 3.37. The Bertz CT molecular complexity index is 1050. The Balaban J connectivity index is 2.09. The molecule has 1 unspecified atom stereocenters. The van der Waals surface area contributed by atoms with Crippen molar-refractivity contribution in [2.75, 3.05) is 37.0 Å². The molecule has 0 radical (unpaired) electrons. The summed E-state index contributed by atoms with van der Waals surface area (Å²) in [5.74, 6) is 0.313. The number of carbonyl (C=O) groups is 1. The second-order valence-electron chi connectivity index (χ2n) is 7.31. The Morgan fingerprint density at radius 1 is 1.17 bits per heavy atom. The van der Waals surface area contributed by atoms with Gasteiger partial charge in [0.05, 0.1) is 24.5 Å². The van der Waals surface area contributed by atoms with Crippen LogP contribution >= 0.6 is 0 Å². The smallest absolute Gasteiger partial charge is 0.246 e. The van der Waals surface area contributed by atoms with E-state index in [1.165, 1.54) is 11.4 Å². The fourth-order valence-corrected chi connectivity index (χ4v) is 5.53. The minimum Gasteiger partial charge on any atom is -0.495 e. The zero-order valence-corrected chi connectivity index (χ0v) is 18.9. The number of fused-ring (bicyclic) bond motifs is 1. The fraction of sp³-hybridized carbons (Fsp3) is 0.409. The predicted molar refractivity (Wildman–Crippen MR) is 120 cm³/mol. The normalized spacial score (nSPS) is 16.2. The lowest BCUT2D eigenvalue weighted by atomic mass is 10.0. The van der Waals surface area contributed by atoms with E-state index in [1.54, 1.807) is 24.0 Å². The topological polar surface area (TPSA) is 79.0 Å². The Hall–Kier alpha value is -2.58. The lowest BCUT2D eigenvalue weighted by Gasteiger charge is -2.35. The molecular weight excluding hydrogens is 402 g/mol. The van der Waals surface area contributed by atoms with E-state index in [0.717, 1.165) is 22.5 Å². The van der Waals surface area contributed by atoms with Gasteiger partial charge in [0.1, 0.15) is 10.6 Å². The van der Waals surface area contributed by atoms with Gasteiger partial charge in [-0.2, -0.15) is 4.31 Å². The Morgan fingerprint density at radius 2 is 1.80 bits per heavy atom. The van der Waals surface area contributed by atoms with E-state index in [0.29, 0.717) is 25.4 Å². The van der Waals surface area contributed by atoms with Gasteiger partial charge in [0, 0.05) is 26.6 Å². The van der Waals surface area contributed by atoms with Crippen LogP contribution in [-0.2, 0) is 14.8 Å². The molecule has 2 aromatic carbocycles. The molecule has 0 saturated carbocycles. The van der Waals surface area contributed by atoms with Gasteiger partial charge in [0.2, 0.25) is 15.9 Å². The highest BCUT2D eigenvalue weighted by atomic mass is 32.2. The first-order chi connectivity index (χ1) is 14.2. The van der Waals surface area contributed by atoms with Crippen molar-refractivity contribution in [1.82, 2.24) is 4.31 Å². The fourth-order valence-electron chi connectivity index (χ4n) is 3.89. The van der Waals surface area contributed by atoms with Crippen LogP contribution < -0.4 is 15.0 Å². The highest BCUT2D eigenvalue weighted by Gasteiger charge is 2.28. The van der Waals surface area contributed by atoms with Gasteiger partial charge < -0.3 is 15.0 Å². The monoisotopic (exact) mass is 431 g/mol. The van der Waals surface area contributed by atoms with Crippen molar-refractivity contribution in [3.8, 4) is 16.9 Å². The van der Waals surface area contributed by atoms with Gasteiger partial charge >= 0.3 is 0 Å². The maximum Gasteiger partial charge on any atom is 0.246 e. The van der Waals surface area contributed by atoms with E-state index in [-0.39, 0.29) is 16.8 Å². The molecule has 1 aliphatic rings. The van der Waals surface area contributed by atoms with Crippen LogP contribution in [0.4, 0.5) is 11.4 Å². The zero-order valence-electron chi connectivity index (χ0n) is 18.1. The molecule has 3 rings (SSSR count). The number of amides is 1. The van der Waals surface area contributed by atoms with Crippen LogP contribution in [0.2, 0.25) is 0 Å². The molecule has 0 fully saturated rings. The second-order valence-corrected chi connectivity index (χ2v) is 9.21. The Morgan fingerprint density at radius 3 is 2.40 bits per heavy atom. The van der Waals surface area contributed by atoms with Crippen LogP contribution in [0.5, 0.6) is 5.75 Å². The minimum absolute atomic E-state index is 0.00458. The number of nitrogens with one attached hydrogen (secondary N) is 1. The first-order valence-electron chi connectivity index (χ1n) is 10.1. The molecule has 30 heavy (non-hydrogen) atoms. The van der Waals surface area contributed by atoms with Crippen LogP contribution in [0.1, 0.15) is 27.7 Å². The number of methoxy groups -OCH3 is 1. The first kappa shape index (κ1) is 22.1. The number of rotatable bonds is 6. The lowest BCUT2D eigenvalue weighted by molar-refractivity contribution is -0.116. The lowest BCUT2D eigenvalue weighted by Crippen LogP contribution is -2.44. The summed E-state index contributed by atoms with van der Waals surface area (Å²) in [6, 6.07) is 11.0. The number of sulfonamides is 1. The van der Waals surface area contributed by atoms with E-state index in [4.69, 9.17) is 4.74 Å². The SMILES string of the molecule is CCN(CC)S(=O)(=O)c1cc(-c2ccc3c(c2)NCC(C)N3C(C)=O)ccc1OC. The number of carbonyl (C=O) groups excluding carboxylic acids is 1. The van der Waals surface area contributed by atoms with Gasteiger partial charge in [0.15, 0.2) is 0 Å². The van der Waals surface area contributed by atoms with E-state index < -0.39 is 10.0 Å². The molecule has 7 nitrogen and oxygen atoms in total. The molecule has 0 spiro atoms. The van der Waals surface area contributed by atoms with Crippen molar-refractivity contribution in [1.29, 1.82) is 0 Å². The molecular formula is C22H29N3O4S. The standard InChI is InChI=1S/C22H29N3O4S/c1-6-24(7-2)30(27,28)22-13-18(9-11-21(22)29-5)17-8-10-20-19(12-17)23-14-15(3)25(20)16(4)26/h8-13,15,23H,6-7,14H2,1-5H3. The molecule has 0 bridgehead atoms. The van der Waals surface area contributed by atoms with Gasteiger partial charge in [0.25, 0.3) is 0 Å². The van der Waals surface area contributed by atoms with Crippen LogP contribution in [0.3, 0.4) is 0 Å². The summed E-state index contributed by atoms with van der Waals surface area (Å²) in [6.45, 7) is 8.61. The molecule has 1 amide bonds. The molecule has 1 aliphatic heterocycles. The van der Waals surface area contributed by atoms with E-state index in [2.05, 4.69) is 5.32 Å². The van der Waals surface area contributed by atoms with Crippen LogP contribution in [0, 0.1) is 0 Å². The number of ether oxygens (including phenoxy) is 1. The van der Waals surface area contributed by atoms with Crippen LogP contribution in [0.15, 0.2) is 41.3 Å². The van der Waals surface area contributed by atoms with E-state index >= 15 is 0 Å². The molecule has 1 N–H and O–H groups in total. The molecule has 2 aromatic rings. The maximum atomic E-state index is 13.1. The second kappa shape index (κ2) is 8.65. The summed E-state index contributed by atoms with van der Waals surface area (Å²) in [4.78, 5) is 14.0. The predicted octanol–water partition coefficient (Wildman–Crippen LogP) is 3.56. The number of hydrogen-bond donors (Lipinski definition) is 1. The minimum atomic E-state index is -3.68. The van der Waals surface area contributed by atoms with Gasteiger partial charge in [-0.15, -0.1) is 0 Å². The largest absolute Gasteiger partial charge is 0.495 e. The summed E-state index contributed by atoms with van der Waals surface area (Å²) >= 11 is 0. The van der Waals surface area contributed by atoms with Crippen molar-refractivity contribution in [3.63, 3.8) is 0 Å². The summed E-state index contributed by atoms with van der Waals surface area (Å²) < 4.78 is 33.0. The first-order valence-corrected chi connectivity index (χ1v) is 11.5. The molecule has 1 atom stereocenters. The average Bonchev–Trinajstić information content (AvgIpc) is 2.73. The number of hydrogen-bond acceptors (Lipinski definition) is 5. The van der Waals surface area contributed by atoms with Gasteiger partial charge in [-0.25, -0.2) is 8.42 Å². The Kier molecular flexibility index (Phi) is 6.38. The highest BCUT2D eigenvalue weighted by molar-refractivity contribution is 7.89. The molecule has 0 saturated heterocycles. The molecule has 1 heterocycles. The third-order valence-corrected chi connectivity index (χ3v) is 7.52. The van der Waals surface area contributed by atoms with Gasteiger partial charge in [-0.05, 0) is 42.3 Å². The maximum absolute atomic E-state index is 13.1. The van der Waals surface area contributed by atoms with E-state index in [1.807, 2.05) is 45.0 Å². The highest BCUT2D eigenvalue weighted by Crippen LogP contribution is 2.37. The number of nitrogens with zero attached hydrogens (tertiary/aromatic N) is 2. The summed E-state index contributed by atoms with van der Waals surface area (Å²) in [7, 11) is -2.21. The summed E-state index contributed by atoms with van der Waals surface area (Å²) in [6.07, 6.45) is 0. The van der Waals surface area contributed by atoms with Gasteiger partial charge in [-0.1, -0.05) is 26.0 Å². The number of anilines is 2.